The zero-order valence-electron chi connectivity index (χ0n) is 13.0. The molecule has 19 heavy (non-hydrogen) atoms. The molecule has 0 heterocycles. The summed E-state index contributed by atoms with van der Waals surface area (Å²) in [4.78, 5) is 0. The number of rotatable bonds is 10. The number of hydrogen-bond acceptors (Lipinski definition) is 1. The van der Waals surface area contributed by atoms with Crippen LogP contribution < -0.4 is 0 Å². The fourth-order valence-corrected chi connectivity index (χ4v) is 2.69. The third kappa shape index (κ3) is 6.96. The van der Waals surface area contributed by atoms with E-state index in [2.05, 4.69) is 26.0 Å². The fourth-order valence-electron chi connectivity index (χ4n) is 2.69. The first kappa shape index (κ1) is 16.5. The normalized spacial score (nSPS) is 22.6. The lowest BCUT2D eigenvalue weighted by atomic mass is 9.86. The second kappa shape index (κ2) is 9.36. The average molecular weight is 264 g/mol. The maximum Gasteiger partial charge on any atom is 0.0865 e. The quantitative estimate of drug-likeness (QED) is 0.513. The van der Waals surface area contributed by atoms with Gasteiger partial charge in [-0.05, 0) is 25.7 Å². The molecule has 1 unspecified atom stereocenters. The summed E-state index contributed by atoms with van der Waals surface area (Å²) in [5, 5.41) is 10.5. The minimum atomic E-state index is -0.555. The molecule has 0 spiro atoms. The highest BCUT2D eigenvalue weighted by molar-refractivity contribution is 5.27. The van der Waals surface area contributed by atoms with Crippen LogP contribution in [0.1, 0.15) is 84.5 Å². The Hall–Kier alpha value is -0.560. The van der Waals surface area contributed by atoms with Gasteiger partial charge in [0.25, 0.3) is 0 Å². The Bertz CT molecular complexity index is 290. The van der Waals surface area contributed by atoms with Crippen molar-refractivity contribution in [2.45, 2.75) is 90.1 Å². The zero-order chi connectivity index (χ0) is 14.0. The van der Waals surface area contributed by atoms with Gasteiger partial charge >= 0.3 is 0 Å². The van der Waals surface area contributed by atoms with E-state index >= 15 is 0 Å². The summed E-state index contributed by atoms with van der Waals surface area (Å²) in [7, 11) is 0. The van der Waals surface area contributed by atoms with E-state index in [1.54, 1.807) is 0 Å². The molecule has 0 fully saturated rings. The molecule has 0 bridgehead atoms. The molecule has 0 saturated heterocycles. The lowest BCUT2D eigenvalue weighted by Gasteiger charge is -2.26. The molecule has 0 radical (unpaired) electrons. The fraction of sp³-hybridized carbons (Fsp3) is 0.778. The molecule has 0 amide bonds. The van der Waals surface area contributed by atoms with Crippen molar-refractivity contribution in [1.29, 1.82) is 0 Å². The Morgan fingerprint density at radius 1 is 1.00 bits per heavy atom. The van der Waals surface area contributed by atoms with Crippen LogP contribution in [-0.2, 0) is 0 Å². The van der Waals surface area contributed by atoms with Gasteiger partial charge in [0.2, 0.25) is 0 Å². The van der Waals surface area contributed by atoms with Crippen molar-refractivity contribution in [3.8, 4) is 0 Å². The van der Waals surface area contributed by atoms with Gasteiger partial charge in [-0.1, -0.05) is 82.6 Å². The monoisotopic (exact) mass is 264 g/mol. The Balaban J connectivity index is 2.22. The van der Waals surface area contributed by atoms with Gasteiger partial charge in [-0.3, -0.25) is 0 Å². The summed E-state index contributed by atoms with van der Waals surface area (Å²) >= 11 is 0. The van der Waals surface area contributed by atoms with E-state index in [1.165, 1.54) is 56.9 Å². The van der Waals surface area contributed by atoms with Gasteiger partial charge in [-0.15, -0.1) is 0 Å². The summed E-state index contributed by atoms with van der Waals surface area (Å²) in [6.07, 6.45) is 19.6. The van der Waals surface area contributed by atoms with Crippen molar-refractivity contribution in [2.75, 3.05) is 0 Å². The number of unbranched alkanes of at least 4 members (excludes halogenated alkanes) is 6. The zero-order valence-corrected chi connectivity index (χ0v) is 13.0. The SMILES string of the molecule is CCCCCCC1=CCC(O)(CCCCCC)C=C1. The highest BCUT2D eigenvalue weighted by Crippen LogP contribution is 2.28. The standard InChI is InChI=1S/C18H32O/c1-3-5-7-9-11-17-12-15-18(19,16-13-17)14-10-8-6-4-2/h12-13,15,19H,3-11,14,16H2,1-2H3. The van der Waals surface area contributed by atoms with Gasteiger partial charge in [-0.25, -0.2) is 0 Å². The van der Waals surface area contributed by atoms with Crippen LogP contribution in [0.25, 0.3) is 0 Å². The third-order valence-corrected chi connectivity index (χ3v) is 4.11. The molecule has 1 nitrogen and oxygen atoms in total. The van der Waals surface area contributed by atoms with Crippen molar-refractivity contribution < 1.29 is 5.11 Å². The van der Waals surface area contributed by atoms with Crippen LogP contribution in [0.5, 0.6) is 0 Å². The second-order valence-corrected chi connectivity index (χ2v) is 6.04. The Labute approximate surface area is 119 Å². The molecule has 1 aliphatic carbocycles. The molecule has 1 aliphatic rings. The molecule has 0 aromatic heterocycles. The van der Waals surface area contributed by atoms with E-state index in [0.717, 1.165) is 19.3 Å². The minimum Gasteiger partial charge on any atom is -0.385 e. The predicted molar refractivity (Wildman–Crippen MR) is 84.3 cm³/mol. The van der Waals surface area contributed by atoms with Crippen molar-refractivity contribution in [3.63, 3.8) is 0 Å². The van der Waals surface area contributed by atoms with Crippen LogP contribution in [0, 0.1) is 0 Å². The molecule has 0 aromatic rings. The van der Waals surface area contributed by atoms with Crippen molar-refractivity contribution >= 4 is 0 Å². The molecule has 1 N–H and O–H groups in total. The minimum absolute atomic E-state index is 0.555. The molecular formula is C18H32O. The topological polar surface area (TPSA) is 20.2 Å². The van der Waals surface area contributed by atoms with E-state index in [1.807, 2.05) is 6.08 Å². The van der Waals surface area contributed by atoms with Crippen LogP contribution in [0.4, 0.5) is 0 Å². The average Bonchev–Trinajstić information content (AvgIpc) is 2.42. The number of aliphatic hydroxyl groups is 1. The molecule has 110 valence electrons. The van der Waals surface area contributed by atoms with E-state index in [9.17, 15) is 5.11 Å². The Morgan fingerprint density at radius 3 is 2.26 bits per heavy atom. The summed E-state index contributed by atoms with van der Waals surface area (Å²) in [5.41, 5.74) is 0.870. The van der Waals surface area contributed by atoms with Gasteiger partial charge < -0.3 is 5.11 Å². The maximum atomic E-state index is 10.5. The van der Waals surface area contributed by atoms with E-state index in [4.69, 9.17) is 0 Å². The second-order valence-electron chi connectivity index (χ2n) is 6.04. The van der Waals surface area contributed by atoms with Crippen molar-refractivity contribution in [1.82, 2.24) is 0 Å². The smallest absolute Gasteiger partial charge is 0.0865 e. The lowest BCUT2D eigenvalue weighted by molar-refractivity contribution is 0.0798. The highest BCUT2D eigenvalue weighted by Gasteiger charge is 2.23. The Kier molecular flexibility index (Phi) is 8.13. The van der Waals surface area contributed by atoms with Crippen LogP contribution in [-0.4, -0.2) is 10.7 Å². The highest BCUT2D eigenvalue weighted by atomic mass is 16.3. The van der Waals surface area contributed by atoms with Crippen molar-refractivity contribution in [3.05, 3.63) is 23.8 Å². The van der Waals surface area contributed by atoms with Gasteiger partial charge in [0.1, 0.15) is 0 Å². The van der Waals surface area contributed by atoms with Gasteiger partial charge in [0, 0.05) is 0 Å². The van der Waals surface area contributed by atoms with E-state index in [0.29, 0.717) is 0 Å². The maximum absolute atomic E-state index is 10.5. The molecule has 1 rings (SSSR count). The van der Waals surface area contributed by atoms with Gasteiger partial charge in [-0.2, -0.15) is 0 Å². The summed E-state index contributed by atoms with van der Waals surface area (Å²) in [6, 6.07) is 0. The molecule has 0 aromatic carbocycles. The summed E-state index contributed by atoms with van der Waals surface area (Å²) < 4.78 is 0. The van der Waals surface area contributed by atoms with Crippen LogP contribution in [0.3, 0.4) is 0 Å². The predicted octanol–water partition coefficient (Wildman–Crippen LogP) is 5.54. The molecule has 0 aliphatic heterocycles. The summed E-state index contributed by atoms with van der Waals surface area (Å²) in [5.74, 6) is 0. The Morgan fingerprint density at radius 2 is 1.68 bits per heavy atom. The summed E-state index contributed by atoms with van der Waals surface area (Å²) in [6.45, 7) is 4.47. The largest absolute Gasteiger partial charge is 0.385 e. The van der Waals surface area contributed by atoms with Gasteiger partial charge in [0.15, 0.2) is 0 Å². The first-order valence-corrected chi connectivity index (χ1v) is 8.31. The third-order valence-electron chi connectivity index (χ3n) is 4.11. The number of hydrogen-bond donors (Lipinski definition) is 1. The molecular weight excluding hydrogens is 232 g/mol. The first-order valence-electron chi connectivity index (χ1n) is 8.31. The molecule has 0 saturated carbocycles. The van der Waals surface area contributed by atoms with Gasteiger partial charge in [0.05, 0.1) is 5.60 Å². The van der Waals surface area contributed by atoms with Crippen molar-refractivity contribution in [2.24, 2.45) is 0 Å². The molecule has 1 atom stereocenters. The lowest BCUT2D eigenvalue weighted by Crippen LogP contribution is -2.26. The van der Waals surface area contributed by atoms with E-state index < -0.39 is 5.60 Å². The van der Waals surface area contributed by atoms with Crippen LogP contribution >= 0.6 is 0 Å². The number of allylic oxidation sites excluding steroid dienone is 2. The molecule has 1 heteroatoms. The van der Waals surface area contributed by atoms with E-state index in [-0.39, 0.29) is 0 Å². The van der Waals surface area contributed by atoms with Crippen LogP contribution in [0.15, 0.2) is 23.8 Å². The first-order chi connectivity index (χ1) is 9.20. The van der Waals surface area contributed by atoms with Crippen LogP contribution in [0.2, 0.25) is 0 Å².